The van der Waals surface area contributed by atoms with E-state index in [9.17, 15) is 9.59 Å². The summed E-state index contributed by atoms with van der Waals surface area (Å²) in [7, 11) is 0. The number of carbonyl (C=O) groups excluding carboxylic acids is 2. The molecule has 4 heteroatoms. The van der Waals surface area contributed by atoms with Crippen LogP contribution in [0.5, 0.6) is 5.75 Å². The van der Waals surface area contributed by atoms with Crippen LogP contribution in [0.2, 0.25) is 0 Å². The first kappa shape index (κ1) is 17.7. The molecule has 2 rings (SSSR count). The highest BCUT2D eigenvalue weighted by molar-refractivity contribution is 5.98. The van der Waals surface area contributed by atoms with Crippen LogP contribution in [0.4, 0.5) is 0 Å². The zero-order valence-electron chi connectivity index (χ0n) is 14.1. The number of amides is 1. The molecule has 0 fully saturated rings. The maximum absolute atomic E-state index is 12.2. The predicted octanol–water partition coefficient (Wildman–Crippen LogP) is 3.93. The highest BCUT2D eigenvalue weighted by atomic mass is 16.5. The zero-order valence-corrected chi connectivity index (χ0v) is 14.1. The maximum Gasteiger partial charge on any atom is 0.220 e. The van der Waals surface area contributed by atoms with Gasteiger partial charge in [0.25, 0.3) is 0 Å². The first-order valence-electron chi connectivity index (χ1n) is 8.20. The molecule has 2 aromatic carbocycles. The highest BCUT2D eigenvalue weighted by Crippen LogP contribution is 2.15. The number of rotatable bonds is 8. The lowest BCUT2D eigenvalue weighted by molar-refractivity contribution is -0.121. The molecule has 0 aliphatic heterocycles. The van der Waals surface area contributed by atoms with Crippen molar-refractivity contribution in [2.75, 3.05) is 6.61 Å². The molecular weight excluding hydrogens is 302 g/mol. The van der Waals surface area contributed by atoms with E-state index in [1.807, 2.05) is 44.2 Å². The lowest BCUT2D eigenvalue weighted by atomic mass is 10.1. The Balaban J connectivity index is 1.81. The van der Waals surface area contributed by atoms with Crippen LogP contribution in [-0.2, 0) is 4.79 Å². The lowest BCUT2D eigenvalue weighted by Gasteiger charge is -2.14. The quantitative estimate of drug-likeness (QED) is 0.748. The third-order valence-electron chi connectivity index (χ3n) is 3.74. The van der Waals surface area contributed by atoms with E-state index < -0.39 is 0 Å². The minimum atomic E-state index is -0.120. The smallest absolute Gasteiger partial charge is 0.220 e. The fourth-order valence-corrected chi connectivity index (χ4v) is 2.41. The summed E-state index contributed by atoms with van der Waals surface area (Å²) >= 11 is 0. The van der Waals surface area contributed by atoms with Crippen molar-refractivity contribution in [2.24, 2.45) is 0 Å². The van der Waals surface area contributed by atoms with Crippen LogP contribution >= 0.6 is 0 Å². The number of carbonyl (C=O) groups is 2. The first-order valence-corrected chi connectivity index (χ1v) is 8.20. The first-order chi connectivity index (χ1) is 11.6. The Labute approximate surface area is 142 Å². The van der Waals surface area contributed by atoms with E-state index in [1.165, 1.54) is 0 Å². The second-order valence-corrected chi connectivity index (χ2v) is 5.58. The number of hydrogen-bond donors (Lipinski definition) is 1. The van der Waals surface area contributed by atoms with Gasteiger partial charge >= 0.3 is 0 Å². The Hall–Kier alpha value is -2.62. The summed E-state index contributed by atoms with van der Waals surface area (Å²) in [5.41, 5.74) is 1.64. The van der Waals surface area contributed by atoms with Gasteiger partial charge in [0.15, 0.2) is 5.78 Å². The summed E-state index contributed by atoms with van der Waals surface area (Å²) in [5.74, 6) is 0.578. The van der Waals surface area contributed by atoms with Gasteiger partial charge in [0.2, 0.25) is 5.91 Å². The third-order valence-corrected chi connectivity index (χ3v) is 3.74. The van der Waals surface area contributed by atoms with Gasteiger partial charge in [-0.1, -0.05) is 30.3 Å². The van der Waals surface area contributed by atoms with E-state index >= 15 is 0 Å². The van der Waals surface area contributed by atoms with Crippen molar-refractivity contribution in [1.82, 2.24) is 5.32 Å². The number of ether oxygens (including phenoxy) is 1. The molecule has 126 valence electrons. The molecule has 0 radical (unpaired) electrons. The molecule has 4 nitrogen and oxygen atoms in total. The van der Waals surface area contributed by atoms with Crippen LogP contribution in [0.25, 0.3) is 0 Å². The van der Waals surface area contributed by atoms with E-state index in [4.69, 9.17) is 4.74 Å². The van der Waals surface area contributed by atoms with Crippen molar-refractivity contribution in [2.45, 2.75) is 32.7 Å². The Morgan fingerprint density at radius 3 is 2.29 bits per heavy atom. The molecule has 0 spiro atoms. The number of hydrogen-bond acceptors (Lipinski definition) is 3. The Bertz CT molecular complexity index is 665. The second kappa shape index (κ2) is 8.87. The van der Waals surface area contributed by atoms with Crippen LogP contribution in [0.3, 0.4) is 0 Å². The molecule has 0 bridgehead atoms. The predicted molar refractivity (Wildman–Crippen MR) is 94.2 cm³/mol. The number of benzene rings is 2. The average Bonchev–Trinajstić information content (AvgIpc) is 2.61. The highest BCUT2D eigenvalue weighted by Gasteiger charge is 2.12. The SMILES string of the molecule is CCOc1ccc(C(=O)CCC(=O)N[C@H](C)c2ccccc2)cc1. The molecule has 0 saturated heterocycles. The van der Waals surface area contributed by atoms with Crippen molar-refractivity contribution < 1.29 is 14.3 Å². The van der Waals surface area contributed by atoms with Crippen LogP contribution < -0.4 is 10.1 Å². The van der Waals surface area contributed by atoms with Crippen molar-refractivity contribution in [1.29, 1.82) is 0 Å². The van der Waals surface area contributed by atoms with Gasteiger partial charge in [0, 0.05) is 18.4 Å². The molecule has 1 amide bonds. The molecule has 0 aromatic heterocycles. The molecule has 1 N–H and O–H groups in total. The normalized spacial score (nSPS) is 11.6. The van der Waals surface area contributed by atoms with E-state index in [-0.39, 0.29) is 30.6 Å². The van der Waals surface area contributed by atoms with Gasteiger partial charge < -0.3 is 10.1 Å². The Kier molecular flexibility index (Phi) is 6.55. The molecule has 24 heavy (non-hydrogen) atoms. The Morgan fingerprint density at radius 1 is 1.00 bits per heavy atom. The molecule has 0 saturated carbocycles. The summed E-state index contributed by atoms with van der Waals surface area (Å²) in [4.78, 5) is 24.2. The van der Waals surface area contributed by atoms with Gasteiger partial charge in [0.1, 0.15) is 5.75 Å². The van der Waals surface area contributed by atoms with E-state index in [1.54, 1.807) is 24.3 Å². The lowest BCUT2D eigenvalue weighted by Crippen LogP contribution is -2.26. The monoisotopic (exact) mass is 325 g/mol. The van der Waals surface area contributed by atoms with Crippen molar-refractivity contribution >= 4 is 11.7 Å². The van der Waals surface area contributed by atoms with Gasteiger partial charge in [-0.2, -0.15) is 0 Å². The fourth-order valence-electron chi connectivity index (χ4n) is 2.41. The van der Waals surface area contributed by atoms with Crippen molar-refractivity contribution in [3.05, 3.63) is 65.7 Å². The molecule has 0 heterocycles. The summed E-state index contributed by atoms with van der Waals surface area (Å²) in [6.07, 6.45) is 0.380. The van der Waals surface area contributed by atoms with Gasteiger partial charge in [-0.05, 0) is 43.7 Å². The summed E-state index contributed by atoms with van der Waals surface area (Å²) in [5, 5.41) is 2.92. The summed E-state index contributed by atoms with van der Waals surface area (Å²) in [6, 6.07) is 16.7. The fraction of sp³-hybridized carbons (Fsp3) is 0.300. The number of ketones is 1. The standard InChI is InChI=1S/C20H23NO3/c1-3-24-18-11-9-17(10-12-18)19(22)13-14-20(23)21-15(2)16-7-5-4-6-8-16/h4-12,15H,3,13-14H2,1-2H3,(H,21,23)/t15-/m1/s1. The van der Waals surface area contributed by atoms with E-state index in [0.717, 1.165) is 11.3 Å². The Morgan fingerprint density at radius 2 is 1.67 bits per heavy atom. The topological polar surface area (TPSA) is 55.4 Å². The second-order valence-electron chi connectivity index (χ2n) is 5.58. The molecule has 0 unspecified atom stereocenters. The van der Waals surface area contributed by atoms with Crippen LogP contribution in [0.1, 0.15) is 48.7 Å². The largest absolute Gasteiger partial charge is 0.494 e. The average molecular weight is 325 g/mol. The molecule has 1 atom stereocenters. The molecular formula is C20H23NO3. The molecule has 2 aromatic rings. The van der Waals surface area contributed by atoms with Crippen LogP contribution in [0.15, 0.2) is 54.6 Å². The van der Waals surface area contributed by atoms with Crippen LogP contribution in [-0.4, -0.2) is 18.3 Å². The maximum atomic E-state index is 12.2. The van der Waals surface area contributed by atoms with Crippen LogP contribution in [0, 0.1) is 0 Å². The van der Waals surface area contributed by atoms with Crippen molar-refractivity contribution in [3.8, 4) is 5.75 Å². The van der Waals surface area contributed by atoms with Gasteiger partial charge in [-0.15, -0.1) is 0 Å². The third kappa shape index (κ3) is 5.23. The van der Waals surface area contributed by atoms with E-state index in [2.05, 4.69) is 5.32 Å². The molecule has 0 aliphatic rings. The zero-order chi connectivity index (χ0) is 17.4. The number of Topliss-reactive ketones (excluding diaryl/α,β-unsaturated/α-hetero) is 1. The minimum Gasteiger partial charge on any atom is -0.494 e. The summed E-state index contributed by atoms with van der Waals surface area (Å²) < 4.78 is 5.35. The van der Waals surface area contributed by atoms with Gasteiger partial charge in [0.05, 0.1) is 12.6 Å². The van der Waals surface area contributed by atoms with Gasteiger partial charge in [-0.25, -0.2) is 0 Å². The summed E-state index contributed by atoms with van der Waals surface area (Å²) in [6.45, 7) is 4.43. The van der Waals surface area contributed by atoms with Crippen molar-refractivity contribution in [3.63, 3.8) is 0 Å². The molecule has 0 aliphatic carbocycles. The number of nitrogens with one attached hydrogen (secondary N) is 1. The van der Waals surface area contributed by atoms with E-state index in [0.29, 0.717) is 12.2 Å². The van der Waals surface area contributed by atoms with Gasteiger partial charge in [-0.3, -0.25) is 9.59 Å². The minimum absolute atomic E-state index is 0.0411.